The van der Waals surface area contributed by atoms with Crippen LogP contribution in [0, 0.1) is 13.8 Å². The average Bonchev–Trinajstić information content (AvgIpc) is 2.41. The van der Waals surface area contributed by atoms with Crippen LogP contribution in [-0.4, -0.2) is 12.2 Å². The van der Waals surface area contributed by atoms with Crippen LogP contribution in [0.2, 0.25) is 0 Å². The fourth-order valence-electron chi connectivity index (χ4n) is 1.80. The molecule has 0 unspecified atom stereocenters. The molecule has 0 heterocycles. The van der Waals surface area contributed by atoms with E-state index in [2.05, 4.69) is 5.32 Å². The molecule has 0 aliphatic heterocycles. The van der Waals surface area contributed by atoms with Gasteiger partial charge in [-0.3, -0.25) is 9.59 Å². The second-order valence-electron chi connectivity index (χ2n) is 4.53. The Morgan fingerprint density at radius 3 is 2.26 bits per heavy atom. The zero-order valence-electron chi connectivity index (χ0n) is 10.9. The molecular formula is C16H15NO2. The number of nitrogens with one attached hydrogen (secondary N) is 1. The van der Waals surface area contributed by atoms with Crippen LogP contribution < -0.4 is 5.32 Å². The monoisotopic (exact) mass is 253 g/mol. The molecule has 0 radical (unpaired) electrons. The molecule has 2 aromatic rings. The van der Waals surface area contributed by atoms with Gasteiger partial charge in [0.1, 0.15) is 0 Å². The van der Waals surface area contributed by atoms with Crippen LogP contribution >= 0.6 is 0 Å². The summed E-state index contributed by atoms with van der Waals surface area (Å²) in [6, 6.07) is 12.7. The number of aldehydes is 1. The minimum Gasteiger partial charge on any atom is -0.322 e. The van der Waals surface area contributed by atoms with Gasteiger partial charge in [0, 0.05) is 11.3 Å². The predicted octanol–water partition coefficient (Wildman–Crippen LogP) is 3.37. The lowest BCUT2D eigenvalue weighted by molar-refractivity contribution is 0.101. The van der Waals surface area contributed by atoms with Crippen LogP contribution in [0.15, 0.2) is 42.5 Å². The molecule has 0 saturated carbocycles. The molecular weight excluding hydrogens is 238 g/mol. The van der Waals surface area contributed by atoms with E-state index in [1.807, 2.05) is 44.2 Å². The first-order valence-electron chi connectivity index (χ1n) is 6.04. The molecule has 96 valence electrons. The van der Waals surface area contributed by atoms with Crippen molar-refractivity contribution in [2.24, 2.45) is 0 Å². The first-order valence-corrected chi connectivity index (χ1v) is 6.04. The number of rotatable bonds is 3. The van der Waals surface area contributed by atoms with E-state index in [0.717, 1.165) is 11.1 Å². The molecule has 3 heteroatoms. The third-order valence-electron chi connectivity index (χ3n) is 2.89. The van der Waals surface area contributed by atoms with E-state index in [4.69, 9.17) is 0 Å². The number of carbonyl (C=O) groups is 2. The van der Waals surface area contributed by atoms with Crippen LogP contribution in [0.4, 0.5) is 5.69 Å². The van der Waals surface area contributed by atoms with Crippen LogP contribution in [-0.2, 0) is 0 Å². The zero-order valence-corrected chi connectivity index (χ0v) is 10.9. The molecule has 0 aromatic heterocycles. The number of anilines is 1. The Hall–Kier alpha value is -2.42. The first kappa shape index (κ1) is 13.0. The summed E-state index contributed by atoms with van der Waals surface area (Å²) in [5, 5.41) is 2.79. The number of amides is 1. The molecule has 0 aliphatic carbocycles. The summed E-state index contributed by atoms with van der Waals surface area (Å²) in [6.45, 7) is 3.87. The lowest BCUT2D eigenvalue weighted by Gasteiger charge is -2.08. The highest BCUT2D eigenvalue weighted by Gasteiger charge is 2.11. The van der Waals surface area contributed by atoms with E-state index in [1.54, 1.807) is 12.1 Å². The van der Waals surface area contributed by atoms with Gasteiger partial charge in [-0.2, -0.15) is 0 Å². The highest BCUT2D eigenvalue weighted by atomic mass is 16.1. The van der Waals surface area contributed by atoms with Crippen molar-refractivity contribution in [2.45, 2.75) is 13.8 Å². The van der Waals surface area contributed by atoms with Crippen LogP contribution in [0.25, 0.3) is 0 Å². The quantitative estimate of drug-likeness (QED) is 0.852. The third kappa shape index (κ3) is 3.07. The SMILES string of the molecule is Cc1ccc(NC(=O)c2cc(C)ccc2C=O)cc1. The fraction of sp³-hybridized carbons (Fsp3) is 0.125. The van der Waals surface area contributed by atoms with Crippen molar-refractivity contribution in [3.8, 4) is 0 Å². The van der Waals surface area contributed by atoms with E-state index < -0.39 is 0 Å². The van der Waals surface area contributed by atoms with Crippen LogP contribution in [0.3, 0.4) is 0 Å². The smallest absolute Gasteiger partial charge is 0.256 e. The van der Waals surface area contributed by atoms with Crippen molar-refractivity contribution in [3.63, 3.8) is 0 Å². The summed E-state index contributed by atoms with van der Waals surface area (Å²) in [6.07, 6.45) is 0.698. The van der Waals surface area contributed by atoms with Crippen molar-refractivity contribution < 1.29 is 9.59 Å². The predicted molar refractivity (Wildman–Crippen MR) is 75.7 cm³/mol. The van der Waals surface area contributed by atoms with E-state index in [0.29, 0.717) is 23.1 Å². The summed E-state index contributed by atoms with van der Waals surface area (Å²) < 4.78 is 0. The van der Waals surface area contributed by atoms with Gasteiger partial charge in [-0.05, 0) is 32.0 Å². The van der Waals surface area contributed by atoms with E-state index in [1.165, 1.54) is 0 Å². The second-order valence-corrected chi connectivity index (χ2v) is 4.53. The number of hydrogen-bond donors (Lipinski definition) is 1. The van der Waals surface area contributed by atoms with Gasteiger partial charge in [0.25, 0.3) is 5.91 Å². The highest BCUT2D eigenvalue weighted by molar-refractivity contribution is 6.08. The first-order chi connectivity index (χ1) is 9.10. The second kappa shape index (κ2) is 5.48. The molecule has 0 aliphatic rings. The maximum absolute atomic E-state index is 12.2. The molecule has 3 nitrogen and oxygen atoms in total. The maximum Gasteiger partial charge on any atom is 0.256 e. The Morgan fingerprint density at radius 2 is 1.63 bits per heavy atom. The van der Waals surface area contributed by atoms with Gasteiger partial charge in [-0.15, -0.1) is 0 Å². The largest absolute Gasteiger partial charge is 0.322 e. The van der Waals surface area contributed by atoms with Gasteiger partial charge in [0.2, 0.25) is 0 Å². The molecule has 0 spiro atoms. The van der Waals surface area contributed by atoms with Gasteiger partial charge >= 0.3 is 0 Å². The minimum absolute atomic E-state index is 0.269. The van der Waals surface area contributed by atoms with E-state index >= 15 is 0 Å². The van der Waals surface area contributed by atoms with E-state index in [9.17, 15) is 9.59 Å². The molecule has 0 atom stereocenters. The lowest BCUT2D eigenvalue weighted by Crippen LogP contribution is -2.14. The fourth-order valence-corrected chi connectivity index (χ4v) is 1.80. The van der Waals surface area contributed by atoms with Crippen molar-refractivity contribution in [3.05, 3.63) is 64.7 Å². The minimum atomic E-state index is -0.269. The summed E-state index contributed by atoms with van der Waals surface area (Å²) in [5.74, 6) is -0.269. The zero-order chi connectivity index (χ0) is 13.8. The Morgan fingerprint density at radius 1 is 1.00 bits per heavy atom. The Kier molecular flexibility index (Phi) is 3.76. The molecule has 1 amide bonds. The third-order valence-corrected chi connectivity index (χ3v) is 2.89. The molecule has 2 rings (SSSR count). The van der Waals surface area contributed by atoms with Crippen LogP contribution in [0.5, 0.6) is 0 Å². The Bertz CT molecular complexity index is 615. The maximum atomic E-state index is 12.2. The Balaban J connectivity index is 2.27. The molecule has 0 bridgehead atoms. The molecule has 0 saturated heterocycles. The summed E-state index contributed by atoms with van der Waals surface area (Å²) in [5.41, 5.74) is 3.58. The normalized spacial score (nSPS) is 10.0. The Labute approximate surface area is 112 Å². The van der Waals surface area contributed by atoms with Gasteiger partial charge in [-0.25, -0.2) is 0 Å². The topological polar surface area (TPSA) is 46.2 Å². The number of benzene rings is 2. The summed E-state index contributed by atoms with van der Waals surface area (Å²) in [4.78, 5) is 23.1. The summed E-state index contributed by atoms with van der Waals surface area (Å²) in [7, 11) is 0. The summed E-state index contributed by atoms with van der Waals surface area (Å²) >= 11 is 0. The van der Waals surface area contributed by atoms with Crippen LogP contribution in [0.1, 0.15) is 31.8 Å². The van der Waals surface area contributed by atoms with Gasteiger partial charge in [0.05, 0.1) is 5.56 Å². The number of carbonyl (C=O) groups excluding carboxylic acids is 2. The van der Waals surface area contributed by atoms with Crippen molar-refractivity contribution in [2.75, 3.05) is 5.32 Å². The lowest BCUT2D eigenvalue weighted by atomic mass is 10.0. The molecule has 0 fully saturated rings. The van der Waals surface area contributed by atoms with Gasteiger partial charge in [0.15, 0.2) is 6.29 Å². The number of aryl methyl sites for hydroxylation is 2. The van der Waals surface area contributed by atoms with Gasteiger partial charge in [-0.1, -0.05) is 35.4 Å². The standard InChI is InChI=1S/C16H15NO2/c1-11-4-7-14(8-5-11)17-16(19)15-9-12(2)3-6-13(15)10-18/h3-10H,1-2H3,(H,17,19). The van der Waals surface area contributed by atoms with Gasteiger partial charge < -0.3 is 5.32 Å². The molecule has 19 heavy (non-hydrogen) atoms. The average molecular weight is 253 g/mol. The van der Waals surface area contributed by atoms with Crippen molar-refractivity contribution >= 4 is 17.9 Å². The highest BCUT2D eigenvalue weighted by Crippen LogP contribution is 2.14. The number of hydrogen-bond acceptors (Lipinski definition) is 2. The van der Waals surface area contributed by atoms with Crippen molar-refractivity contribution in [1.29, 1.82) is 0 Å². The van der Waals surface area contributed by atoms with E-state index in [-0.39, 0.29) is 5.91 Å². The van der Waals surface area contributed by atoms with Crippen molar-refractivity contribution in [1.82, 2.24) is 0 Å². The molecule has 2 aromatic carbocycles. The molecule has 1 N–H and O–H groups in total.